The number of unbranched alkanes of at least 4 members (excludes halogenated alkanes) is 1. The molecule has 0 spiro atoms. The molecule has 1 aliphatic rings. The molecule has 2 aromatic carbocycles. The maximum absolute atomic E-state index is 13.4. The first-order valence-electron chi connectivity index (χ1n) is 12.6. The number of aryl methyl sites for hydroxylation is 1. The van der Waals surface area contributed by atoms with E-state index < -0.39 is 17.7 Å². The van der Waals surface area contributed by atoms with Crippen LogP contribution in [0.5, 0.6) is 23.0 Å². The van der Waals surface area contributed by atoms with Crippen molar-refractivity contribution in [1.29, 1.82) is 0 Å². The van der Waals surface area contributed by atoms with Gasteiger partial charge in [-0.1, -0.05) is 13.3 Å². The molecule has 1 saturated heterocycles. The molecule has 1 unspecified atom stereocenters. The second kappa shape index (κ2) is 13.2. The highest BCUT2D eigenvalue weighted by atomic mass is 16.5. The summed E-state index contributed by atoms with van der Waals surface area (Å²) in [6.45, 7) is 5.21. The number of amides is 1. The van der Waals surface area contributed by atoms with E-state index in [9.17, 15) is 14.7 Å². The number of methoxy groups -OCH3 is 4. The number of hydrogen-bond donors (Lipinski definition) is 1. The average molecular weight is 528 g/mol. The molecule has 1 heterocycles. The number of Topliss-reactive ketones (excluding diaryl/α,β-unsaturated/α-hetero) is 1. The van der Waals surface area contributed by atoms with Crippen LogP contribution in [0.4, 0.5) is 0 Å². The number of carbonyl (C=O) groups excluding carboxylic acids is 2. The second-order valence-corrected chi connectivity index (χ2v) is 8.98. The highest BCUT2D eigenvalue weighted by molar-refractivity contribution is 6.46. The third kappa shape index (κ3) is 5.88. The van der Waals surface area contributed by atoms with Gasteiger partial charge in [0.2, 0.25) is 5.75 Å². The maximum Gasteiger partial charge on any atom is 0.295 e. The van der Waals surface area contributed by atoms with E-state index in [-0.39, 0.29) is 17.9 Å². The van der Waals surface area contributed by atoms with Crippen LogP contribution >= 0.6 is 0 Å². The molecule has 0 aliphatic carbocycles. The van der Waals surface area contributed by atoms with Crippen molar-refractivity contribution in [3.8, 4) is 23.0 Å². The summed E-state index contributed by atoms with van der Waals surface area (Å²) in [5, 5.41) is 11.4. The Morgan fingerprint density at radius 3 is 2.16 bits per heavy atom. The van der Waals surface area contributed by atoms with Crippen molar-refractivity contribution in [2.75, 3.05) is 48.2 Å². The number of ether oxygens (including phenoxy) is 5. The number of rotatable bonds is 13. The van der Waals surface area contributed by atoms with Crippen LogP contribution in [0.3, 0.4) is 0 Å². The summed E-state index contributed by atoms with van der Waals surface area (Å²) in [4.78, 5) is 28.0. The van der Waals surface area contributed by atoms with Crippen molar-refractivity contribution in [1.82, 2.24) is 4.90 Å². The van der Waals surface area contributed by atoms with Gasteiger partial charge >= 0.3 is 0 Å². The van der Waals surface area contributed by atoms with E-state index in [0.717, 1.165) is 18.4 Å². The molecular weight excluding hydrogens is 490 g/mol. The molecule has 9 nitrogen and oxygen atoms in total. The summed E-state index contributed by atoms with van der Waals surface area (Å²) in [5.74, 6) is 0.0971. The number of aliphatic hydroxyl groups is 1. The lowest BCUT2D eigenvalue weighted by Gasteiger charge is -2.26. The molecule has 0 bridgehead atoms. The fourth-order valence-electron chi connectivity index (χ4n) is 4.54. The van der Waals surface area contributed by atoms with Gasteiger partial charge < -0.3 is 33.7 Å². The van der Waals surface area contributed by atoms with E-state index >= 15 is 0 Å². The Kier molecular flexibility index (Phi) is 10.0. The number of likely N-dealkylation sites (tertiary alicyclic amines) is 1. The fourth-order valence-corrected chi connectivity index (χ4v) is 4.54. The minimum absolute atomic E-state index is 0.0132. The standard InChI is InChI=1S/C29H37NO8/c1-7-8-14-38-21-11-10-19(15-18(21)2)26(31)24-25(30(12-9-13-34-3)29(33)27(24)32)20-16-22(35-4)28(37-6)23(17-20)36-5/h10-11,15-17,25,31H,7-9,12-14H2,1-6H3/b26-24+. The Bertz CT molecular complexity index is 1160. The van der Waals surface area contributed by atoms with Crippen LogP contribution in [0, 0.1) is 6.92 Å². The maximum atomic E-state index is 13.4. The van der Waals surface area contributed by atoms with Crippen LogP contribution in [0.25, 0.3) is 5.76 Å². The van der Waals surface area contributed by atoms with Gasteiger partial charge in [0.25, 0.3) is 11.7 Å². The van der Waals surface area contributed by atoms with Crippen molar-refractivity contribution < 1.29 is 38.4 Å². The first kappa shape index (κ1) is 28.8. The number of ketones is 1. The summed E-state index contributed by atoms with van der Waals surface area (Å²) in [6, 6.07) is 7.70. The number of nitrogens with zero attached hydrogens (tertiary/aromatic N) is 1. The minimum Gasteiger partial charge on any atom is -0.507 e. The van der Waals surface area contributed by atoms with Crippen molar-refractivity contribution >= 4 is 17.4 Å². The van der Waals surface area contributed by atoms with E-state index in [4.69, 9.17) is 23.7 Å². The first-order chi connectivity index (χ1) is 18.3. The molecule has 9 heteroatoms. The number of hydrogen-bond acceptors (Lipinski definition) is 8. The molecule has 3 rings (SSSR count). The lowest BCUT2D eigenvalue weighted by molar-refractivity contribution is -0.140. The van der Waals surface area contributed by atoms with Crippen molar-refractivity contribution in [3.63, 3.8) is 0 Å². The molecule has 2 aromatic rings. The monoisotopic (exact) mass is 527 g/mol. The normalized spacial score (nSPS) is 16.6. The number of carbonyl (C=O) groups is 2. The van der Waals surface area contributed by atoms with Gasteiger partial charge in [-0.25, -0.2) is 0 Å². The Labute approximate surface area is 223 Å². The van der Waals surface area contributed by atoms with Gasteiger partial charge in [0.05, 0.1) is 39.6 Å². The summed E-state index contributed by atoms with van der Waals surface area (Å²) in [6.07, 6.45) is 2.46. The zero-order valence-electron chi connectivity index (χ0n) is 23.0. The lowest BCUT2D eigenvalue weighted by Crippen LogP contribution is -2.31. The van der Waals surface area contributed by atoms with Crippen LogP contribution < -0.4 is 18.9 Å². The topological polar surface area (TPSA) is 104 Å². The highest BCUT2D eigenvalue weighted by Gasteiger charge is 2.46. The lowest BCUT2D eigenvalue weighted by atomic mass is 9.94. The molecule has 206 valence electrons. The van der Waals surface area contributed by atoms with Crippen molar-refractivity contribution in [2.24, 2.45) is 0 Å². The Hall–Kier alpha value is -3.72. The summed E-state index contributed by atoms with van der Waals surface area (Å²) >= 11 is 0. The predicted octanol–water partition coefficient (Wildman–Crippen LogP) is 4.66. The molecule has 0 saturated carbocycles. The SMILES string of the molecule is CCCCOc1ccc(/C(O)=C2\C(=O)C(=O)N(CCCOC)C2c2cc(OC)c(OC)c(OC)c2)cc1C. The number of aliphatic hydroxyl groups excluding tert-OH is 1. The van der Waals surface area contributed by atoms with Gasteiger partial charge in [-0.15, -0.1) is 0 Å². The predicted molar refractivity (Wildman–Crippen MR) is 143 cm³/mol. The van der Waals surface area contributed by atoms with Crippen molar-refractivity contribution in [3.05, 3.63) is 52.6 Å². The van der Waals surface area contributed by atoms with Gasteiger partial charge in [0.1, 0.15) is 11.5 Å². The van der Waals surface area contributed by atoms with E-state index in [1.54, 1.807) is 37.4 Å². The van der Waals surface area contributed by atoms with E-state index in [1.165, 1.54) is 26.2 Å². The van der Waals surface area contributed by atoms with Crippen LogP contribution in [0.2, 0.25) is 0 Å². The molecule has 1 fully saturated rings. The van der Waals surface area contributed by atoms with E-state index in [0.29, 0.717) is 53.8 Å². The third-order valence-corrected chi connectivity index (χ3v) is 6.49. The number of benzene rings is 2. The molecule has 0 radical (unpaired) electrons. The molecular formula is C29H37NO8. The molecule has 1 amide bonds. The molecule has 0 aromatic heterocycles. The Balaban J connectivity index is 2.16. The second-order valence-electron chi connectivity index (χ2n) is 8.98. The molecule has 1 aliphatic heterocycles. The third-order valence-electron chi connectivity index (χ3n) is 6.49. The largest absolute Gasteiger partial charge is 0.507 e. The van der Waals surface area contributed by atoms with Crippen LogP contribution in [-0.2, 0) is 14.3 Å². The Morgan fingerprint density at radius 1 is 0.921 bits per heavy atom. The first-order valence-corrected chi connectivity index (χ1v) is 12.6. The molecule has 38 heavy (non-hydrogen) atoms. The van der Waals surface area contributed by atoms with Gasteiger partial charge in [-0.3, -0.25) is 9.59 Å². The van der Waals surface area contributed by atoms with E-state index in [2.05, 4.69) is 6.92 Å². The molecule has 1 N–H and O–H groups in total. The van der Waals surface area contributed by atoms with Crippen molar-refractivity contribution in [2.45, 2.75) is 39.2 Å². The summed E-state index contributed by atoms with van der Waals surface area (Å²) in [5.41, 5.74) is 1.75. The zero-order chi connectivity index (χ0) is 27.8. The van der Waals surface area contributed by atoms with Gasteiger partial charge in [-0.2, -0.15) is 0 Å². The van der Waals surface area contributed by atoms with Gasteiger partial charge in [0.15, 0.2) is 11.5 Å². The van der Waals surface area contributed by atoms with E-state index in [1.807, 2.05) is 6.92 Å². The Morgan fingerprint density at radius 2 is 1.61 bits per heavy atom. The quantitative estimate of drug-likeness (QED) is 0.174. The van der Waals surface area contributed by atoms with Crippen LogP contribution in [0.1, 0.15) is 48.9 Å². The summed E-state index contributed by atoms with van der Waals surface area (Å²) in [7, 11) is 6.05. The smallest absolute Gasteiger partial charge is 0.295 e. The van der Waals surface area contributed by atoms with Crippen LogP contribution in [0.15, 0.2) is 35.9 Å². The summed E-state index contributed by atoms with van der Waals surface area (Å²) < 4.78 is 27.5. The average Bonchev–Trinajstić information content (AvgIpc) is 3.17. The zero-order valence-corrected chi connectivity index (χ0v) is 23.0. The fraction of sp³-hybridized carbons (Fsp3) is 0.448. The molecule has 1 atom stereocenters. The van der Waals surface area contributed by atoms with Gasteiger partial charge in [0, 0.05) is 25.8 Å². The van der Waals surface area contributed by atoms with Gasteiger partial charge in [-0.05, 0) is 61.2 Å². The minimum atomic E-state index is -0.874. The van der Waals surface area contributed by atoms with Crippen LogP contribution in [-0.4, -0.2) is 69.9 Å². The highest BCUT2D eigenvalue weighted by Crippen LogP contribution is 2.45.